The summed E-state index contributed by atoms with van der Waals surface area (Å²) in [4.78, 5) is 44.9. The molecule has 0 radical (unpaired) electrons. The highest BCUT2D eigenvalue weighted by molar-refractivity contribution is 6.01. The van der Waals surface area contributed by atoms with Gasteiger partial charge in [0, 0.05) is 30.9 Å². The Bertz CT molecular complexity index is 1250. The zero-order valence-corrected chi connectivity index (χ0v) is 21.6. The molecule has 200 valence electrons. The molecular formula is C25H31N9O4. The number of carbonyl (C=O) groups is 3. The van der Waals surface area contributed by atoms with Gasteiger partial charge in [0.25, 0.3) is 0 Å². The number of carbonyl (C=O) groups excluding carboxylic acids is 3. The van der Waals surface area contributed by atoms with Crippen molar-refractivity contribution in [1.82, 2.24) is 35.7 Å². The molecule has 0 aliphatic carbocycles. The van der Waals surface area contributed by atoms with Crippen LogP contribution in [0.3, 0.4) is 0 Å². The third-order valence-electron chi connectivity index (χ3n) is 7.10. The van der Waals surface area contributed by atoms with Gasteiger partial charge in [0.15, 0.2) is 5.82 Å². The number of alkyl carbamates (subject to hydrolysis) is 1. The Labute approximate surface area is 220 Å². The van der Waals surface area contributed by atoms with Gasteiger partial charge in [-0.05, 0) is 62.6 Å². The normalized spacial score (nSPS) is 23.9. The molecule has 1 aromatic carbocycles. The van der Waals surface area contributed by atoms with E-state index in [4.69, 9.17) is 4.74 Å². The maximum absolute atomic E-state index is 13.5. The van der Waals surface area contributed by atoms with Gasteiger partial charge in [0.1, 0.15) is 17.7 Å². The number of ether oxygens (including phenoxy) is 1. The molecular weight excluding hydrogens is 490 g/mol. The number of aromatic nitrogens is 4. The van der Waals surface area contributed by atoms with E-state index in [9.17, 15) is 19.6 Å². The van der Waals surface area contributed by atoms with Crippen LogP contribution in [0.1, 0.15) is 40.0 Å². The fourth-order valence-corrected chi connectivity index (χ4v) is 5.52. The SMILES string of the molecule is CC(C)(C)OC(=O)N[C@@H](CN1C[C@@H]2C[C@H]1C(=O)N2c1cccc(-c2nnn[nH]2)c1)C(=O)N1CCC[C@H]1C#N. The van der Waals surface area contributed by atoms with Crippen LogP contribution in [-0.4, -0.2) is 97.7 Å². The van der Waals surface area contributed by atoms with Gasteiger partial charge >= 0.3 is 6.09 Å². The lowest BCUT2D eigenvalue weighted by atomic mass is 10.1. The summed E-state index contributed by atoms with van der Waals surface area (Å²) in [5.41, 5.74) is 0.786. The summed E-state index contributed by atoms with van der Waals surface area (Å²) < 4.78 is 5.40. The number of piperazine rings is 1. The van der Waals surface area contributed by atoms with Crippen LogP contribution in [0, 0.1) is 11.3 Å². The van der Waals surface area contributed by atoms with Crippen LogP contribution in [-0.2, 0) is 14.3 Å². The molecule has 3 fully saturated rings. The number of H-pyrrole nitrogens is 1. The molecule has 2 aromatic rings. The second kappa shape index (κ2) is 10.0. The number of tetrazole rings is 1. The molecule has 0 saturated carbocycles. The van der Waals surface area contributed by atoms with E-state index >= 15 is 0 Å². The van der Waals surface area contributed by atoms with Gasteiger partial charge in [-0.2, -0.15) is 5.26 Å². The number of anilines is 1. The number of nitrogens with one attached hydrogen (secondary N) is 2. The van der Waals surface area contributed by atoms with E-state index in [-0.39, 0.29) is 24.4 Å². The van der Waals surface area contributed by atoms with Crippen molar-refractivity contribution < 1.29 is 19.1 Å². The van der Waals surface area contributed by atoms with Crippen LogP contribution in [0.15, 0.2) is 24.3 Å². The summed E-state index contributed by atoms with van der Waals surface area (Å²) in [5, 5.41) is 26.1. The Morgan fingerprint density at radius 2 is 2.16 bits per heavy atom. The van der Waals surface area contributed by atoms with Gasteiger partial charge in [-0.25, -0.2) is 9.89 Å². The van der Waals surface area contributed by atoms with E-state index in [2.05, 4.69) is 32.0 Å². The number of amides is 3. The van der Waals surface area contributed by atoms with Crippen molar-refractivity contribution in [3.05, 3.63) is 24.3 Å². The first-order valence-corrected chi connectivity index (χ1v) is 12.8. The van der Waals surface area contributed by atoms with Crippen LogP contribution >= 0.6 is 0 Å². The van der Waals surface area contributed by atoms with Crippen molar-refractivity contribution in [3.63, 3.8) is 0 Å². The van der Waals surface area contributed by atoms with E-state index in [1.54, 1.807) is 25.7 Å². The maximum Gasteiger partial charge on any atom is 0.408 e. The first-order valence-electron chi connectivity index (χ1n) is 12.8. The van der Waals surface area contributed by atoms with E-state index in [1.807, 2.05) is 29.2 Å². The quantitative estimate of drug-likeness (QED) is 0.566. The molecule has 2 N–H and O–H groups in total. The van der Waals surface area contributed by atoms with Gasteiger partial charge in [-0.1, -0.05) is 12.1 Å². The first kappa shape index (κ1) is 25.6. The summed E-state index contributed by atoms with van der Waals surface area (Å²) in [6.45, 7) is 6.39. The average molecular weight is 522 g/mol. The maximum atomic E-state index is 13.5. The van der Waals surface area contributed by atoms with Crippen molar-refractivity contribution in [2.45, 2.75) is 69.8 Å². The van der Waals surface area contributed by atoms with Gasteiger partial charge in [-0.3, -0.25) is 14.5 Å². The van der Waals surface area contributed by atoms with Crippen molar-refractivity contribution >= 4 is 23.6 Å². The highest BCUT2D eigenvalue weighted by atomic mass is 16.6. The number of benzene rings is 1. The number of likely N-dealkylation sites (tertiary alicyclic amines) is 2. The summed E-state index contributed by atoms with van der Waals surface area (Å²) >= 11 is 0. The van der Waals surface area contributed by atoms with Crippen molar-refractivity contribution in [2.75, 3.05) is 24.5 Å². The molecule has 3 saturated heterocycles. The zero-order valence-electron chi connectivity index (χ0n) is 21.6. The molecule has 4 heterocycles. The number of aromatic amines is 1. The second-order valence-electron chi connectivity index (χ2n) is 10.9. The van der Waals surface area contributed by atoms with Crippen LogP contribution in [0.25, 0.3) is 11.4 Å². The molecule has 1 aromatic heterocycles. The largest absolute Gasteiger partial charge is 0.444 e. The number of hydrogen-bond donors (Lipinski definition) is 2. The van der Waals surface area contributed by atoms with E-state index in [0.29, 0.717) is 31.8 Å². The summed E-state index contributed by atoms with van der Waals surface area (Å²) in [5.74, 6) is 0.117. The molecule has 3 aliphatic rings. The minimum atomic E-state index is -0.943. The highest BCUT2D eigenvalue weighted by Gasteiger charge is 2.51. The molecule has 0 spiro atoms. The van der Waals surface area contributed by atoms with Gasteiger partial charge < -0.3 is 19.9 Å². The summed E-state index contributed by atoms with van der Waals surface area (Å²) in [7, 11) is 0. The predicted molar refractivity (Wildman–Crippen MR) is 134 cm³/mol. The lowest BCUT2D eigenvalue weighted by molar-refractivity contribution is -0.135. The summed E-state index contributed by atoms with van der Waals surface area (Å²) in [6.07, 6.45) is 1.24. The molecule has 2 bridgehead atoms. The van der Waals surface area contributed by atoms with Crippen molar-refractivity contribution in [1.29, 1.82) is 5.26 Å². The number of nitrogens with zero attached hydrogens (tertiary/aromatic N) is 7. The smallest absolute Gasteiger partial charge is 0.408 e. The lowest BCUT2D eigenvalue weighted by Gasteiger charge is -2.36. The zero-order chi connectivity index (χ0) is 27.0. The second-order valence-corrected chi connectivity index (χ2v) is 10.9. The van der Waals surface area contributed by atoms with Crippen molar-refractivity contribution in [3.8, 4) is 17.5 Å². The fourth-order valence-electron chi connectivity index (χ4n) is 5.52. The molecule has 13 heteroatoms. The average Bonchev–Trinajstić information content (AvgIpc) is 3.66. The highest BCUT2D eigenvalue weighted by Crippen LogP contribution is 2.37. The van der Waals surface area contributed by atoms with E-state index in [0.717, 1.165) is 17.7 Å². The molecule has 13 nitrogen and oxygen atoms in total. The minimum absolute atomic E-state index is 0.0614. The lowest BCUT2D eigenvalue weighted by Crippen LogP contribution is -2.59. The van der Waals surface area contributed by atoms with Gasteiger partial charge in [-0.15, -0.1) is 5.10 Å². The Morgan fingerprint density at radius 1 is 1.34 bits per heavy atom. The molecule has 5 rings (SSSR count). The summed E-state index contributed by atoms with van der Waals surface area (Å²) in [6, 6.07) is 7.68. The number of fused-ring (bicyclic) bond motifs is 2. The Hall–Kier alpha value is -4.05. The van der Waals surface area contributed by atoms with E-state index < -0.39 is 29.8 Å². The van der Waals surface area contributed by atoms with Gasteiger partial charge in [0.2, 0.25) is 11.8 Å². The van der Waals surface area contributed by atoms with Crippen molar-refractivity contribution in [2.24, 2.45) is 0 Å². The number of nitriles is 1. The first-order chi connectivity index (χ1) is 18.1. The molecule has 3 amide bonds. The fraction of sp³-hybridized carbons (Fsp3) is 0.560. The molecule has 0 unspecified atom stereocenters. The monoisotopic (exact) mass is 521 g/mol. The predicted octanol–water partition coefficient (Wildman–Crippen LogP) is 1.06. The number of hydrogen-bond acceptors (Lipinski definition) is 9. The molecule has 4 atom stereocenters. The third kappa shape index (κ3) is 5.04. The Kier molecular flexibility index (Phi) is 6.75. The number of rotatable bonds is 6. The topological polar surface area (TPSA) is 160 Å². The molecule has 38 heavy (non-hydrogen) atoms. The van der Waals surface area contributed by atoms with Crippen LogP contribution < -0.4 is 10.2 Å². The van der Waals surface area contributed by atoms with Gasteiger partial charge in [0.05, 0.1) is 18.2 Å². The Balaban J connectivity index is 1.32. The standard InChI is InChI=1S/C25H31N9O4/c1-25(2,3)38-24(37)27-19(22(35)33-9-5-8-17(33)12-26)14-32-13-18-11-20(32)23(36)34(18)16-7-4-6-15(10-16)21-28-30-31-29-21/h4,6-7,10,17-20H,5,8-9,11,13-14H2,1-3H3,(H,27,37)(H,28,29,30,31)/t17-,18-,19-,20-/m0/s1. The van der Waals surface area contributed by atoms with Crippen LogP contribution in [0.4, 0.5) is 10.5 Å². The minimum Gasteiger partial charge on any atom is -0.444 e. The van der Waals surface area contributed by atoms with E-state index in [1.165, 1.54) is 4.90 Å². The van der Waals surface area contributed by atoms with Crippen LogP contribution in [0.2, 0.25) is 0 Å². The Morgan fingerprint density at radius 3 is 2.84 bits per heavy atom. The third-order valence-corrected chi connectivity index (χ3v) is 7.10. The molecule has 3 aliphatic heterocycles. The van der Waals surface area contributed by atoms with Crippen LogP contribution in [0.5, 0.6) is 0 Å².